The summed E-state index contributed by atoms with van der Waals surface area (Å²) in [5.74, 6) is 1.02. The molecule has 0 saturated carbocycles. The number of H-pyrrole nitrogens is 1. The number of ether oxygens (including phenoxy) is 6. The monoisotopic (exact) mass is 517 g/mol. The summed E-state index contributed by atoms with van der Waals surface area (Å²) in [7, 11) is 1.48. The first kappa shape index (κ1) is 23.5. The number of hydrogen-bond donors (Lipinski definition) is 2. The van der Waals surface area contributed by atoms with E-state index in [0.29, 0.717) is 60.4 Å². The van der Waals surface area contributed by atoms with Crippen LogP contribution in [-0.4, -0.2) is 61.4 Å². The van der Waals surface area contributed by atoms with Crippen molar-refractivity contribution in [3.63, 3.8) is 0 Å². The number of nitrogens with zero attached hydrogens (tertiary/aromatic N) is 3. The Morgan fingerprint density at radius 3 is 2.82 bits per heavy atom. The van der Waals surface area contributed by atoms with Crippen LogP contribution < -0.4 is 29.4 Å². The van der Waals surface area contributed by atoms with E-state index in [1.165, 1.54) is 7.11 Å². The topological polar surface area (TPSA) is 154 Å². The fourth-order valence-electron chi connectivity index (χ4n) is 4.76. The van der Waals surface area contributed by atoms with Crippen LogP contribution in [0, 0.1) is 11.3 Å². The van der Waals surface area contributed by atoms with Crippen molar-refractivity contribution >= 4 is 6.09 Å². The maximum absolute atomic E-state index is 13.1. The zero-order valence-corrected chi connectivity index (χ0v) is 20.4. The third-order valence-electron chi connectivity index (χ3n) is 6.60. The van der Waals surface area contributed by atoms with Gasteiger partial charge in [0, 0.05) is 24.2 Å². The number of rotatable bonds is 4. The lowest BCUT2D eigenvalue weighted by Crippen LogP contribution is -2.42. The second-order valence-corrected chi connectivity index (χ2v) is 8.66. The second-order valence-electron chi connectivity index (χ2n) is 8.66. The van der Waals surface area contributed by atoms with Crippen molar-refractivity contribution in [2.75, 3.05) is 40.2 Å². The molecule has 3 aliphatic rings. The van der Waals surface area contributed by atoms with E-state index in [2.05, 4.69) is 16.3 Å². The molecular formula is C26H23N5O7. The quantitative estimate of drug-likeness (QED) is 0.528. The van der Waals surface area contributed by atoms with Crippen LogP contribution in [0.5, 0.6) is 28.9 Å². The van der Waals surface area contributed by atoms with Gasteiger partial charge in [0.2, 0.25) is 18.6 Å². The van der Waals surface area contributed by atoms with Gasteiger partial charge in [-0.25, -0.2) is 4.79 Å². The molecule has 0 spiro atoms. The van der Waals surface area contributed by atoms with Crippen molar-refractivity contribution in [3.05, 3.63) is 59.0 Å². The molecule has 1 saturated heterocycles. The van der Waals surface area contributed by atoms with Crippen LogP contribution in [0.3, 0.4) is 0 Å². The number of morpholine rings is 1. The minimum atomic E-state index is -0.787. The van der Waals surface area contributed by atoms with Crippen molar-refractivity contribution in [2.24, 2.45) is 5.73 Å². The highest BCUT2D eigenvalue weighted by atomic mass is 16.7. The highest BCUT2D eigenvalue weighted by molar-refractivity contribution is 5.76. The molecule has 3 aliphatic heterocycles. The Morgan fingerprint density at radius 2 is 2.03 bits per heavy atom. The minimum Gasteiger partial charge on any atom is -0.493 e. The van der Waals surface area contributed by atoms with E-state index in [-0.39, 0.29) is 29.9 Å². The molecule has 0 bridgehead atoms. The summed E-state index contributed by atoms with van der Waals surface area (Å²) in [6.45, 7) is 1.77. The minimum absolute atomic E-state index is 0.0954. The number of allylic oxidation sites excluding steroid dienone is 1. The molecule has 0 aliphatic carbocycles. The Balaban J connectivity index is 1.49. The van der Waals surface area contributed by atoms with Gasteiger partial charge >= 0.3 is 6.09 Å². The number of carbonyl (C=O) groups excluding carboxylic acids is 1. The highest BCUT2D eigenvalue weighted by Crippen LogP contribution is 2.50. The van der Waals surface area contributed by atoms with Crippen LogP contribution in [0.1, 0.15) is 17.0 Å². The number of fused-ring (bicyclic) bond motifs is 2. The summed E-state index contributed by atoms with van der Waals surface area (Å²) in [5.41, 5.74) is 8.65. The van der Waals surface area contributed by atoms with E-state index in [9.17, 15) is 10.1 Å². The predicted molar refractivity (Wildman–Crippen MR) is 131 cm³/mol. The molecule has 2 aromatic carbocycles. The van der Waals surface area contributed by atoms with E-state index in [1.807, 2.05) is 12.1 Å². The van der Waals surface area contributed by atoms with Crippen LogP contribution in [0.4, 0.5) is 4.79 Å². The summed E-state index contributed by atoms with van der Waals surface area (Å²) < 4.78 is 33.5. The molecule has 3 aromatic rings. The predicted octanol–water partition coefficient (Wildman–Crippen LogP) is 2.86. The summed E-state index contributed by atoms with van der Waals surface area (Å²) in [4.78, 5) is 14.7. The first-order valence-electron chi connectivity index (χ1n) is 11.9. The summed E-state index contributed by atoms with van der Waals surface area (Å²) >= 11 is 0. The number of amides is 1. The lowest BCUT2D eigenvalue weighted by Gasteiger charge is -2.28. The maximum atomic E-state index is 13.1. The van der Waals surface area contributed by atoms with E-state index >= 15 is 0 Å². The number of aromatic nitrogens is 2. The first-order valence-corrected chi connectivity index (χ1v) is 11.9. The Labute approximate surface area is 217 Å². The standard InChI is InChI=1S/C26H23N5O7/c1-33-18-4-2-3-15(23(18)37-26(32)31-7-9-34-10-8-31)20-16(12-27)24(28)38-25-21(20)22(29-30-25)14-5-6-17-19(11-14)36-13-35-17/h2-6,11,20H,7-10,13,28H2,1H3,(H,29,30)/t20-/m0/s1. The number of carbonyl (C=O) groups is 1. The van der Waals surface area contributed by atoms with Crippen molar-refractivity contribution in [1.29, 1.82) is 5.26 Å². The number of para-hydroxylation sites is 1. The second kappa shape index (κ2) is 9.53. The van der Waals surface area contributed by atoms with Gasteiger partial charge in [0.25, 0.3) is 0 Å². The average molecular weight is 517 g/mol. The first-order chi connectivity index (χ1) is 18.6. The number of nitrogens with two attached hydrogens (primary N) is 1. The highest BCUT2D eigenvalue weighted by Gasteiger charge is 2.38. The molecule has 1 fully saturated rings. The molecule has 1 amide bonds. The Morgan fingerprint density at radius 1 is 1.21 bits per heavy atom. The number of aromatic amines is 1. The zero-order chi connectivity index (χ0) is 26.2. The molecular weight excluding hydrogens is 494 g/mol. The lowest BCUT2D eigenvalue weighted by atomic mass is 9.82. The SMILES string of the molecule is COc1cccc([C@H]2C(C#N)=C(N)Oc3n[nH]c(-c4ccc5c(c4)OCO5)c32)c1OC(=O)N1CCOCC1. The van der Waals surface area contributed by atoms with Gasteiger partial charge < -0.3 is 39.1 Å². The van der Waals surface area contributed by atoms with Crippen molar-refractivity contribution in [1.82, 2.24) is 15.1 Å². The van der Waals surface area contributed by atoms with Crippen LogP contribution in [0.15, 0.2) is 47.9 Å². The molecule has 12 nitrogen and oxygen atoms in total. The molecule has 4 heterocycles. The third-order valence-corrected chi connectivity index (χ3v) is 6.60. The van der Waals surface area contributed by atoms with Crippen molar-refractivity contribution in [2.45, 2.75) is 5.92 Å². The van der Waals surface area contributed by atoms with E-state index in [4.69, 9.17) is 34.2 Å². The Hall–Kier alpha value is -4.89. The summed E-state index contributed by atoms with van der Waals surface area (Å²) in [6, 6.07) is 12.8. The van der Waals surface area contributed by atoms with Crippen molar-refractivity contribution < 1.29 is 33.2 Å². The van der Waals surface area contributed by atoms with Gasteiger partial charge in [0.1, 0.15) is 11.6 Å². The molecule has 3 N–H and O–H groups in total. The smallest absolute Gasteiger partial charge is 0.415 e. The number of methoxy groups -OCH3 is 1. The van der Waals surface area contributed by atoms with Crippen LogP contribution >= 0.6 is 0 Å². The molecule has 12 heteroatoms. The normalized spacial score (nSPS) is 17.9. The summed E-state index contributed by atoms with van der Waals surface area (Å²) in [5, 5.41) is 17.5. The molecule has 194 valence electrons. The van der Waals surface area contributed by atoms with Gasteiger partial charge in [0.15, 0.2) is 23.0 Å². The number of hydrogen-bond acceptors (Lipinski definition) is 10. The largest absolute Gasteiger partial charge is 0.493 e. The van der Waals surface area contributed by atoms with Crippen LogP contribution in [0.2, 0.25) is 0 Å². The third kappa shape index (κ3) is 3.89. The fraction of sp³-hybridized carbons (Fsp3) is 0.269. The van der Waals surface area contributed by atoms with Gasteiger partial charge in [-0.2, -0.15) is 5.26 Å². The molecule has 1 aromatic heterocycles. The van der Waals surface area contributed by atoms with Crippen LogP contribution in [-0.2, 0) is 4.74 Å². The lowest BCUT2D eigenvalue weighted by molar-refractivity contribution is 0.0412. The average Bonchev–Trinajstić information content (AvgIpc) is 3.59. The van der Waals surface area contributed by atoms with Gasteiger partial charge in [-0.05, 0) is 24.3 Å². The van der Waals surface area contributed by atoms with E-state index < -0.39 is 12.0 Å². The van der Waals surface area contributed by atoms with E-state index in [0.717, 1.165) is 5.56 Å². The molecule has 0 radical (unpaired) electrons. The van der Waals surface area contributed by atoms with Gasteiger partial charge in [-0.3, -0.25) is 5.10 Å². The fourth-order valence-corrected chi connectivity index (χ4v) is 4.76. The number of nitrogens with one attached hydrogen (secondary N) is 1. The summed E-state index contributed by atoms with van der Waals surface area (Å²) in [6.07, 6.45) is -0.551. The van der Waals surface area contributed by atoms with Gasteiger partial charge in [-0.15, -0.1) is 5.10 Å². The molecule has 0 unspecified atom stereocenters. The number of nitriles is 1. The Bertz CT molecular complexity index is 1490. The maximum Gasteiger partial charge on any atom is 0.415 e. The Kier molecular flexibility index (Phi) is 5.89. The zero-order valence-electron chi connectivity index (χ0n) is 20.4. The van der Waals surface area contributed by atoms with Gasteiger partial charge in [-0.1, -0.05) is 12.1 Å². The van der Waals surface area contributed by atoms with E-state index in [1.54, 1.807) is 29.2 Å². The molecule has 38 heavy (non-hydrogen) atoms. The van der Waals surface area contributed by atoms with Gasteiger partial charge in [0.05, 0.1) is 37.5 Å². The van der Waals surface area contributed by atoms with Crippen LogP contribution in [0.25, 0.3) is 11.3 Å². The van der Waals surface area contributed by atoms with Crippen molar-refractivity contribution in [3.8, 4) is 46.2 Å². The molecule has 1 atom stereocenters. The number of benzene rings is 2. The molecule has 6 rings (SSSR count).